The maximum absolute atomic E-state index is 11.0. The van der Waals surface area contributed by atoms with Crippen molar-refractivity contribution in [2.75, 3.05) is 6.54 Å². The normalized spacial score (nSPS) is 11.9. The van der Waals surface area contributed by atoms with Crippen LogP contribution in [0.5, 0.6) is 0 Å². The molecule has 0 aromatic heterocycles. The van der Waals surface area contributed by atoms with Crippen molar-refractivity contribution in [3.8, 4) is 0 Å². The maximum atomic E-state index is 11.0. The quantitative estimate of drug-likeness (QED) is 0.143. The van der Waals surface area contributed by atoms with Gasteiger partial charge in [-0.25, -0.2) is 4.79 Å². The molecule has 18 heavy (non-hydrogen) atoms. The van der Waals surface area contributed by atoms with Crippen molar-refractivity contribution >= 4 is 11.9 Å². The molecule has 0 aliphatic carbocycles. The van der Waals surface area contributed by atoms with Crippen molar-refractivity contribution in [1.82, 2.24) is 0 Å². The Hall–Kier alpha value is -0.580. The van der Waals surface area contributed by atoms with Crippen molar-refractivity contribution in [3.05, 3.63) is 24.3 Å². The Morgan fingerprint density at radius 1 is 1.22 bits per heavy atom. The minimum atomic E-state index is -1.13. The largest absolute Gasteiger partial charge is 1.00 e. The summed E-state index contributed by atoms with van der Waals surface area (Å²) < 4.78 is 0. The van der Waals surface area contributed by atoms with Gasteiger partial charge in [0.05, 0.1) is 0 Å². The van der Waals surface area contributed by atoms with E-state index in [0.29, 0.717) is 6.54 Å². The van der Waals surface area contributed by atoms with E-state index in [-0.39, 0.29) is 29.6 Å². The van der Waals surface area contributed by atoms with Crippen LogP contribution in [0, 0.1) is 0 Å². The average molecular weight is 261 g/mol. The van der Waals surface area contributed by atoms with Gasteiger partial charge in [0.1, 0.15) is 0 Å². The molecule has 0 aliphatic rings. The molecule has 0 bridgehead atoms. The van der Waals surface area contributed by atoms with E-state index in [1.54, 1.807) is 0 Å². The summed E-state index contributed by atoms with van der Waals surface area (Å²) in [5.74, 6) is -1.61. The van der Waals surface area contributed by atoms with E-state index >= 15 is 0 Å². The molecule has 0 radical (unpaired) electrons. The van der Waals surface area contributed by atoms with Crippen LogP contribution in [0.4, 0.5) is 0 Å². The fourth-order valence-electron chi connectivity index (χ4n) is 1.16. The molecule has 0 spiro atoms. The van der Waals surface area contributed by atoms with Gasteiger partial charge in [0.15, 0.2) is 0 Å². The van der Waals surface area contributed by atoms with E-state index in [1.807, 2.05) is 0 Å². The van der Waals surface area contributed by atoms with Gasteiger partial charge in [-0.15, -0.1) is 0 Å². The molecule has 0 atom stereocenters. The minimum absolute atomic E-state index is 0. The van der Waals surface area contributed by atoms with Gasteiger partial charge in [0.2, 0.25) is 0 Å². The summed E-state index contributed by atoms with van der Waals surface area (Å²) >= 11 is 0. The van der Waals surface area contributed by atoms with E-state index < -0.39 is 11.9 Å². The van der Waals surface area contributed by atoms with E-state index in [4.69, 9.17) is 5.11 Å². The third kappa shape index (κ3) is 15.4. The SMILES string of the molecule is CCC/C=C/CCCCN=C([O-])/C=C/C(=O)O.[Na+]. The van der Waals surface area contributed by atoms with E-state index in [9.17, 15) is 9.90 Å². The van der Waals surface area contributed by atoms with E-state index in [1.165, 1.54) is 0 Å². The van der Waals surface area contributed by atoms with Gasteiger partial charge in [-0.2, -0.15) is 0 Å². The summed E-state index contributed by atoms with van der Waals surface area (Å²) in [5, 5.41) is 19.3. The topological polar surface area (TPSA) is 72.7 Å². The first-order valence-corrected chi connectivity index (χ1v) is 5.94. The Labute approximate surface area is 131 Å². The monoisotopic (exact) mass is 261 g/mol. The number of aliphatic imine (C=N–C) groups is 1. The van der Waals surface area contributed by atoms with Gasteiger partial charge in [-0.05, 0) is 37.7 Å². The van der Waals surface area contributed by atoms with Crippen LogP contribution in [0.1, 0.15) is 39.0 Å². The second kappa shape index (κ2) is 14.5. The molecule has 0 unspecified atom stereocenters. The Balaban J connectivity index is 0. The summed E-state index contributed by atoms with van der Waals surface area (Å²) in [6.45, 7) is 2.60. The molecule has 96 valence electrons. The first-order valence-electron chi connectivity index (χ1n) is 5.94. The second-order valence-corrected chi connectivity index (χ2v) is 3.65. The number of allylic oxidation sites excluding steroid dienone is 2. The van der Waals surface area contributed by atoms with Crippen LogP contribution in [-0.4, -0.2) is 23.5 Å². The number of carboxylic acid groups (broad SMARTS) is 1. The summed E-state index contributed by atoms with van der Waals surface area (Å²) in [6.07, 6.45) is 11.2. The van der Waals surface area contributed by atoms with Gasteiger partial charge < -0.3 is 15.2 Å². The standard InChI is InChI=1S/C13H21NO3.Na/c1-2-3-4-5-6-7-8-11-14-12(15)9-10-13(16)17;/h4-5,9-10H,2-3,6-8,11H2,1H3,(H,14,15)(H,16,17);/q;+1/p-1/b5-4+,10-9+;. The molecular formula is C13H20NNaO3. The molecule has 1 N–H and O–H groups in total. The van der Waals surface area contributed by atoms with Crippen molar-refractivity contribution in [2.24, 2.45) is 4.99 Å². The molecule has 0 rings (SSSR count). The molecular weight excluding hydrogens is 241 g/mol. The van der Waals surface area contributed by atoms with Crippen LogP contribution in [0.25, 0.3) is 0 Å². The molecule has 0 aromatic rings. The van der Waals surface area contributed by atoms with Gasteiger partial charge in [-0.3, -0.25) is 0 Å². The first-order chi connectivity index (χ1) is 8.16. The number of aliphatic carboxylic acids is 1. The predicted octanol–water partition coefficient (Wildman–Crippen LogP) is -1.08. The van der Waals surface area contributed by atoms with Gasteiger partial charge >= 0.3 is 35.5 Å². The molecule has 0 aromatic carbocycles. The van der Waals surface area contributed by atoms with Gasteiger partial charge in [0.25, 0.3) is 0 Å². The number of rotatable bonds is 9. The number of nitrogens with zero attached hydrogens (tertiary/aromatic N) is 1. The summed E-state index contributed by atoms with van der Waals surface area (Å²) in [6, 6.07) is 0. The van der Waals surface area contributed by atoms with Crippen molar-refractivity contribution in [2.45, 2.75) is 39.0 Å². The number of unbranched alkanes of at least 4 members (excludes halogenated alkanes) is 3. The van der Waals surface area contributed by atoms with Crippen LogP contribution < -0.4 is 34.7 Å². The zero-order valence-electron chi connectivity index (χ0n) is 11.3. The Kier molecular flexibility index (Phi) is 15.9. The average Bonchev–Trinajstić information content (AvgIpc) is 2.30. The Morgan fingerprint density at radius 3 is 2.50 bits per heavy atom. The molecule has 0 amide bonds. The number of carboxylic acids is 1. The van der Waals surface area contributed by atoms with Crippen LogP contribution in [0.15, 0.2) is 29.3 Å². The molecule has 0 fully saturated rings. The van der Waals surface area contributed by atoms with E-state index in [2.05, 4.69) is 24.1 Å². The smallest absolute Gasteiger partial charge is 0.859 e. The fourth-order valence-corrected chi connectivity index (χ4v) is 1.16. The van der Waals surface area contributed by atoms with Crippen LogP contribution in [0.3, 0.4) is 0 Å². The Morgan fingerprint density at radius 2 is 1.89 bits per heavy atom. The predicted molar refractivity (Wildman–Crippen MR) is 67.0 cm³/mol. The third-order valence-corrected chi connectivity index (χ3v) is 2.04. The van der Waals surface area contributed by atoms with Crippen LogP contribution in [-0.2, 0) is 4.79 Å². The van der Waals surface area contributed by atoms with Crippen molar-refractivity contribution < 1.29 is 44.6 Å². The molecule has 0 saturated heterocycles. The Bertz CT molecular complexity index is 299. The number of hydrogen-bond acceptors (Lipinski definition) is 3. The minimum Gasteiger partial charge on any atom is -0.859 e. The fraction of sp³-hybridized carbons (Fsp3) is 0.538. The second-order valence-electron chi connectivity index (χ2n) is 3.65. The van der Waals surface area contributed by atoms with Crippen molar-refractivity contribution in [3.63, 3.8) is 0 Å². The maximum Gasteiger partial charge on any atom is 1.00 e. The summed E-state index contributed by atoms with van der Waals surface area (Å²) in [4.78, 5) is 13.8. The molecule has 4 nitrogen and oxygen atoms in total. The zero-order valence-corrected chi connectivity index (χ0v) is 13.3. The summed E-state index contributed by atoms with van der Waals surface area (Å²) in [7, 11) is 0. The number of hydrogen-bond donors (Lipinski definition) is 1. The molecule has 0 saturated carbocycles. The van der Waals surface area contributed by atoms with E-state index in [0.717, 1.165) is 44.3 Å². The van der Waals surface area contributed by atoms with Crippen LogP contribution >= 0.6 is 0 Å². The summed E-state index contributed by atoms with van der Waals surface area (Å²) in [5.41, 5.74) is 0. The van der Waals surface area contributed by atoms with Crippen LogP contribution in [0.2, 0.25) is 0 Å². The molecule has 0 heterocycles. The number of carbonyl (C=O) groups is 1. The zero-order chi connectivity index (χ0) is 12.9. The van der Waals surface area contributed by atoms with Gasteiger partial charge in [0, 0.05) is 12.6 Å². The molecule has 5 heteroatoms. The van der Waals surface area contributed by atoms with Gasteiger partial charge in [-0.1, -0.05) is 25.5 Å². The molecule has 0 aliphatic heterocycles. The van der Waals surface area contributed by atoms with Crippen molar-refractivity contribution in [1.29, 1.82) is 0 Å². The first kappa shape index (κ1) is 19.8. The third-order valence-electron chi connectivity index (χ3n) is 2.04.